The fraction of sp³-hybridized carbons (Fsp3) is 0.538. The molecule has 21 heavy (non-hydrogen) atoms. The quantitative estimate of drug-likeness (QED) is 0.770. The van der Waals surface area contributed by atoms with Gasteiger partial charge >= 0.3 is 6.03 Å². The van der Waals surface area contributed by atoms with Crippen molar-refractivity contribution in [2.45, 2.75) is 32.4 Å². The topological polar surface area (TPSA) is 93.5 Å². The second-order valence-electron chi connectivity index (χ2n) is 5.30. The van der Waals surface area contributed by atoms with Crippen LogP contribution in [0.15, 0.2) is 16.9 Å². The van der Waals surface area contributed by atoms with Crippen LogP contribution in [0.5, 0.6) is 5.88 Å². The predicted molar refractivity (Wildman–Crippen MR) is 74.0 cm³/mol. The van der Waals surface area contributed by atoms with Crippen LogP contribution in [-0.2, 0) is 11.3 Å². The minimum atomic E-state index is -0.873. The van der Waals surface area contributed by atoms with Crippen molar-refractivity contribution in [3.8, 4) is 5.88 Å². The molecule has 0 bridgehead atoms. The van der Waals surface area contributed by atoms with Crippen LogP contribution in [0.2, 0.25) is 0 Å². The summed E-state index contributed by atoms with van der Waals surface area (Å²) < 4.78 is 6.20. The third-order valence-electron chi connectivity index (χ3n) is 3.25. The number of hydrogen-bond donors (Lipinski definition) is 1. The van der Waals surface area contributed by atoms with E-state index in [0.29, 0.717) is 18.8 Å². The van der Waals surface area contributed by atoms with Gasteiger partial charge in [0, 0.05) is 25.2 Å². The number of amides is 3. The van der Waals surface area contributed by atoms with Crippen molar-refractivity contribution in [3.63, 3.8) is 0 Å². The molecule has 1 N–H and O–H groups in total. The third kappa shape index (κ3) is 3.04. The zero-order valence-electron chi connectivity index (χ0n) is 12.3. The van der Waals surface area contributed by atoms with Crippen molar-refractivity contribution < 1.29 is 14.3 Å². The zero-order valence-corrected chi connectivity index (χ0v) is 12.3. The van der Waals surface area contributed by atoms with E-state index in [1.807, 2.05) is 0 Å². The largest absolute Gasteiger partial charge is 0.480 e. The first-order valence-electron chi connectivity index (χ1n) is 6.61. The maximum atomic E-state index is 12.0. The molecule has 0 unspecified atom stereocenters. The molecule has 8 heteroatoms. The Hall–Kier alpha value is -2.38. The molecule has 0 atom stereocenters. The lowest BCUT2D eigenvalue weighted by Gasteiger charge is -2.16. The summed E-state index contributed by atoms with van der Waals surface area (Å²) in [5.41, 5.74) is -1.13. The maximum absolute atomic E-state index is 12.0. The fourth-order valence-electron chi connectivity index (χ4n) is 2.10. The zero-order chi connectivity index (χ0) is 15.6. The van der Waals surface area contributed by atoms with Gasteiger partial charge in [0.05, 0.1) is 7.11 Å². The molecule has 2 heterocycles. The number of hydrogen-bond acceptors (Lipinski definition) is 5. The van der Waals surface area contributed by atoms with Crippen LogP contribution in [0.3, 0.4) is 0 Å². The third-order valence-corrected chi connectivity index (χ3v) is 3.25. The Morgan fingerprint density at radius 1 is 1.24 bits per heavy atom. The Morgan fingerprint density at radius 2 is 1.95 bits per heavy atom. The average Bonchev–Trinajstić information content (AvgIpc) is 2.62. The van der Waals surface area contributed by atoms with Crippen molar-refractivity contribution >= 4 is 11.9 Å². The van der Waals surface area contributed by atoms with Gasteiger partial charge in [-0.05, 0) is 20.3 Å². The minimum absolute atomic E-state index is 0.236. The van der Waals surface area contributed by atoms with Gasteiger partial charge in [-0.3, -0.25) is 14.5 Å². The van der Waals surface area contributed by atoms with Gasteiger partial charge in [-0.15, -0.1) is 5.10 Å². The smallest absolute Gasteiger partial charge is 0.325 e. The van der Waals surface area contributed by atoms with Gasteiger partial charge < -0.3 is 10.1 Å². The number of aromatic nitrogens is 2. The van der Waals surface area contributed by atoms with Gasteiger partial charge in [0.1, 0.15) is 5.54 Å². The van der Waals surface area contributed by atoms with E-state index >= 15 is 0 Å². The van der Waals surface area contributed by atoms with Gasteiger partial charge in [-0.1, -0.05) is 0 Å². The van der Waals surface area contributed by atoms with Crippen molar-refractivity contribution in [1.82, 2.24) is 20.0 Å². The Kier molecular flexibility index (Phi) is 3.97. The van der Waals surface area contributed by atoms with E-state index in [1.165, 1.54) is 23.9 Å². The molecule has 1 aliphatic rings. The van der Waals surface area contributed by atoms with E-state index in [2.05, 4.69) is 10.4 Å². The molecule has 3 amide bonds. The highest BCUT2D eigenvalue weighted by molar-refractivity contribution is 6.06. The number of ether oxygens (including phenoxy) is 1. The van der Waals surface area contributed by atoms with Crippen molar-refractivity contribution in [1.29, 1.82) is 0 Å². The lowest BCUT2D eigenvalue weighted by Crippen LogP contribution is -2.40. The van der Waals surface area contributed by atoms with E-state index in [0.717, 1.165) is 4.90 Å². The van der Waals surface area contributed by atoms with Crippen LogP contribution in [0, 0.1) is 0 Å². The minimum Gasteiger partial charge on any atom is -0.480 e. The number of nitrogens with zero attached hydrogens (tertiary/aromatic N) is 3. The predicted octanol–water partition coefficient (Wildman–Crippen LogP) is -0.0276. The lowest BCUT2D eigenvalue weighted by atomic mass is 10.1. The van der Waals surface area contributed by atoms with Crippen molar-refractivity contribution in [3.05, 3.63) is 22.5 Å². The molecule has 0 saturated carbocycles. The molecule has 0 radical (unpaired) electrons. The number of urea groups is 1. The van der Waals surface area contributed by atoms with Gasteiger partial charge in [-0.2, -0.15) is 0 Å². The second-order valence-corrected chi connectivity index (χ2v) is 5.30. The number of carbonyl (C=O) groups is 2. The first-order chi connectivity index (χ1) is 9.85. The molecule has 1 saturated heterocycles. The number of imide groups is 1. The van der Waals surface area contributed by atoms with E-state index < -0.39 is 11.6 Å². The van der Waals surface area contributed by atoms with Crippen molar-refractivity contribution in [2.75, 3.05) is 13.7 Å². The van der Waals surface area contributed by atoms with Gasteiger partial charge in [-0.25, -0.2) is 9.48 Å². The molecule has 1 aromatic heterocycles. The molecule has 8 nitrogen and oxygen atoms in total. The Bertz CT molecular complexity index is 623. The van der Waals surface area contributed by atoms with Crippen LogP contribution in [0.25, 0.3) is 0 Å². The molecule has 0 aliphatic carbocycles. The van der Waals surface area contributed by atoms with Crippen LogP contribution in [0.4, 0.5) is 4.79 Å². The van der Waals surface area contributed by atoms with Crippen LogP contribution < -0.4 is 15.6 Å². The normalized spacial score (nSPS) is 17.0. The Morgan fingerprint density at radius 3 is 2.52 bits per heavy atom. The van der Waals surface area contributed by atoms with E-state index in [1.54, 1.807) is 13.8 Å². The summed E-state index contributed by atoms with van der Waals surface area (Å²) in [6, 6.07) is 2.44. The monoisotopic (exact) mass is 294 g/mol. The molecule has 0 spiro atoms. The molecule has 1 aromatic rings. The standard InChI is InChI=1S/C13H18N4O4/c1-13(2)11(19)16(12(20)14-13)7-4-8-17-10(18)6-5-9(15-17)21-3/h5-6H,4,7-8H2,1-3H3,(H,14,20). The SMILES string of the molecule is COc1ccc(=O)n(CCCN2C(=O)NC(C)(C)C2=O)n1. The van der Waals surface area contributed by atoms with E-state index in [-0.39, 0.29) is 18.0 Å². The van der Waals surface area contributed by atoms with Gasteiger partial charge in [0.25, 0.3) is 11.5 Å². The highest BCUT2D eigenvalue weighted by Crippen LogP contribution is 2.16. The molecule has 0 aromatic carbocycles. The summed E-state index contributed by atoms with van der Waals surface area (Å²) in [5, 5.41) is 6.60. The molecule has 1 aliphatic heterocycles. The maximum Gasteiger partial charge on any atom is 0.325 e. The Balaban J connectivity index is 1.98. The average molecular weight is 294 g/mol. The second kappa shape index (κ2) is 5.55. The van der Waals surface area contributed by atoms with Crippen LogP contribution >= 0.6 is 0 Å². The lowest BCUT2D eigenvalue weighted by molar-refractivity contribution is -0.130. The molecule has 2 rings (SSSR count). The molecule has 114 valence electrons. The molecular formula is C13H18N4O4. The first-order valence-corrected chi connectivity index (χ1v) is 6.61. The van der Waals surface area contributed by atoms with Crippen LogP contribution in [0.1, 0.15) is 20.3 Å². The summed E-state index contributed by atoms with van der Waals surface area (Å²) in [5.74, 6) is 0.0733. The fourth-order valence-corrected chi connectivity index (χ4v) is 2.10. The number of carbonyl (C=O) groups excluding carboxylic acids is 2. The summed E-state index contributed by atoms with van der Waals surface area (Å²) in [6.07, 6.45) is 0.440. The van der Waals surface area contributed by atoms with Crippen LogP contribution in [-0.4, -0.2) is 45.8 Å². The highest BCUT2D eigenvalue weighted by Gasteiger charge is 2.43. The summed E-state index contributed by atoms with van der Waals surface area (Å²) in [4.78, 5) is 36.5. The number of rotatable bonds is 5. The summed E-state index contributed by atoms with van der Waals surface area (Å²) in [6.45, 7) is 3.84. The van der Waals surface area contributed by atoms with Crippen molar-refractivity contribution in [2.24, 2.45) is 0 Å². The number of methoxy groups -OCH3 is 1. The number of aryl methyl sites for hydroxylation is 1. The molecule has 1 fully saturated rings. The Labute approximate surface area is 121 Å². The summed E-state index contributed by atoms with van der Waals surface area (Å²) in [7, 11) is 1.46. The number of nitrogens with one attached hydrogen (secondary N) is 1. The molecular weight excluding hydrogens is 276 g/mol. The van der Waals surface area contributed by atoms with E-state index in [9.17, 15) is 14.4 Å². The van der Waals surface area contributed by atoms with E-state index in [4.69, 9.17) is 4.74 Å². The van der Waals surface area contributed by atoms with Gasteiger partial charge in [0.15, 0.2) is 0 Å². The summed E-state index contributed by atoms with van der Waals surface area (Å²) >= 11 is 0. The highest BCUT2D eigenvalue weighted by atomic mass is 16.5. The first kappa shape index (κ1) is 15.0. The van der Waals surface area contributed by atoms with Gasteiger partial charge in [0.2, 0.25) is 5.88 Å².